The lowest BCUT2D eigenvalue weighted by Crippen LogP contribution is -2.33. The number of methoxy groups -OCH3 is 1. The Morgan fingerprint density at radius 2 is 1.82 bits per heavy atom. The number of nitrogens with one attached hydrogen (secondary N) is 1. The van der Waals surface area contributed by atoms with E-state index in [2.05, 4.69) is 4.72 Å². The number of carbonyl (C=O) groups is 2. The van der Waals surface area contributed by atoms with Crippen LogP contribution in [0.2, 0.25) is 5.02 Å². The van der Waals surface area contributed by atoms with Gasteiger partial charge in [0, 0.05) is 10.6 Å². The molecule has 1 amide bonds. The maximum Gasteiger partial charge on any atom is 0.418 e. The van der Waals surface area contributed by atoms with Crippen LogP contribution in [0.3, 0.4) is 0 Å². The van der Waals surface area contributed by atoms with E-state index in [0.29, 0.717) is 12.3 Å². The molecule has 2 aromatic rings. The molecule has 1 N–H and O–H groups in total. The summed E-state index contributed by atoms with van der Waals surface area (Å²) >= 11 is 6.75. The van der Waals surface area contributed by atoms with Gasteiger partial charge in [0.15, 0.2) is 6.10 Å². The van der Waals surface area contributed by atoms with Crippen molar-refractivity contribution in [1.29, 1.82) is 0 Å². The molecule has 0 saturated heterocycles. The van der Waals surface area contributed by atoms with Crippen molar-refractivity contribution >= 4 is 35.6 Å². The van der Waals surface area contributed by atoms with E-state index in [1.165, 1.54) is 43.9 Å². The Morgan fingerprint density at radius 3 is 2.47 bits per heavy atom. The van der Waals surface area contributed by atoms with Gasteiger partial charge in [-0.2, -0.15) is 8.78 Å². The third-order valence-corrected chi connectivity index (χ3v) is 7.08. The van der Waals surface area contributed by atoms with Crippen molar-refractivity contribution in [2.75, 3.05) is 7.11 Å². The van der Waals surface area contributed by atoms with Gasteiger partial charge in [-0.15, -0.1) is 0 Å². The molecule has 34 heavy (non-hydrogen) atoms. The molecular weight excluding hydrogens is 484 g/mol. The molecule has 0 heterocycles. The van der Waals surface area contributed by atoms with Gasteiger partial charge in [0.25, 0.3) is 0 Å². The highest BCUT2D eigenvalue weighted by atomic mass is 35.5. The van der Waals surface area contributed by atoms with Crippen LogP contribution in [0.1, 0.15) is 55.8 Å². The first kappa shape index (κ1) is 26.3. The van der Waals surface area contributed by atoms with Gasteiger partial charge in [0.05, 0.1) is 7.11 Å². The predicted octanol–water partition coefficient (Wildman–Crippen LogP) is 7.06. The second-order valence-corrected chi connectivity index (χ2v) is 9.75. The molecule has 3 rings (SSSR count). The fourth-order valence-electron chi connectivity index (χ4n) is 4.13. The van der Waals surface area contributed by atoms with E-state index in [9.17, 15) is 9.59 Å². The first-order chi connectivity index (χ1) is 16.3. The SMILES string of the molecule is COC(=O)[C@H](CC1CCCCC1)SNC(=O)O[C@H](c1ccccc1)C(F)(F)c1cccc(Cl)c1. The number of hydrogen-bond acceptors (Lipinski definition) is 5. The van der Waals surface area contributed by atoms with Gasteiger partial charge in [-0.25, -0.2) is 4.79 Å². The zero-order chi connectivity index (χ0) is 24.6. The Labute approximate surface area is 207 Å². The van der Waals surface area contributed by atoms with Gasteiger partial charge in [-0.1, -0.05) is 86.2 Å². The smallest absolute Gasteiger partial charge is 0.418 e. The highest BCUT2D eigenvalue weighted by Gasteiger charge is 2.45. The van der Waals surface area contributed by atoms with Crippen LogP contribution in [0.5, 0.6) is 0 Å². The van der Waals surface area contributed by atoms with Gasteiger partial charge >= 0.3 is 18.0 Å². The molecule has 1 saturated carbocycles. The van der Waals surface area contributed by atoms with E-state index < -0.39 is 29.3 Å². The molecule has 0 radical (unpaired) electrons. The maximum atomic E-state index is 15.5. The zero-order valence-electron chi connectivity index (χ0n) is 18.8. The quantitative estimate of drug-likeness (QED) is 0.288. The molecule has 5 nitrogen and oxygen atoms in total. The molecule has 2 atom stereocenters. The molecule has 1 fully saturated rings. The summed E-state index contributed by atoms with van der Waals surface area (Å²) in [5, 5.41) is -0.503. The second kappa shape index (κ2) is 12.4. The molecule has 1 aliphatic rings. The molecule has 0 spiro atoms. The summed E-state index contributed by atoms with van der Waals surface area (Å²) in [4.78, 5) is 24.9. The Hall–Kier alpha value is -2.32. The molecule has 1 aliphatic carbocycles. The number of amides is 1. The topological polar surface area (TPSA) is 64.6 Å². The monoisotopic (exact) mass is 511 g/mol. The summed E-state index contributed by atoms with van der Waals surface area (Å²) in [5.41, 5.74) is -0.251. The minimum absolute atomic E-state index is 0.124. The lowest BCUT2D eigenvalue weighted by atomic mass is 9.86. The van der Waals surface area contributed by atoms with Crippen LogP contribution in [0.4, 0.5) is 13.6 Å². The van der Waals surface area contributed by atoms with Crippen LogP contribution in [0.15, 0.2) is 54.6 Å². The average molecular weight is 512 g/mol. The maximum absolute atomic E-state index is 15.5. The summed E-state index contributed by atoms with van der Waals surface area (Å²) in [6.45, 7) is 0. The molecule has 0 aliphatic heterocycles. The standard InChI is InChI=1S/C25H28ClF2NO4S/c1-32-23(30)21(15-17-9-4-2-5-10-17)34-29-24(31)33-22(18-11-6-3-7-12-18)25(27,28)19-13-8-14-20(26)16-19/h3,6-8,11-14,16-17,21-22H,2,4-5,9-10,15H2,1H3,(H,29,31)/t21-,22+/m0/s1. The minimum Gasteiger partial charge on any atom is -0.468 e. The predicted molar refractivity (Wildman–Crippen MR) is 129 cm³/mol. The first-order valence-corrected chi connectivity index (χ1v) is 12.5. The minimum atomic E-state index is -3.56. The first-order valence-electron chi connectivity index (χ1n) is 11.2. The molecule has 0 bridgehead atoms. The highest BCUT2D eigenvalue weighted by Crippen LogP contribution is 2.43. The summed E-state index contributed by atoms with van der Waals surface area (Å²) in [5.74, 6) is -3.68. The summed E-state index contributed by atoms with van der Waals surface area (Å²) in [7, 11) is 1.28. The van der Waals surface area contributed by atoms with E-state index in [1.54, 1.807) is 18.2 Å². The van der Waals surface area contributed by atoms with Crippen LogP contribution >= 0.6 is 23.5 Å². The molecular formula is C25H28ClF2NO4S. The van der Waals surface area contributed by atoms with E-state index in [0.717, 1.165) is 43.7 Å². The number of alkyl halides is 2. The molecule has 184 valence electrons. The summed E-state index contributed by atoms with van der Waals surface area (Å²) in [6, 6.07) is 13.1. The number of ether oxygens (including phenoxy) is 2. The van der Waals surface area contributed by atoms with Crippen molar-refractivity contribution in [3.63, 3.8) is 0 Å². The molecule has 0 aromatic heterocycles. The zero-order valence-corrected chi connectivity index (χ0v) is 20.4. The fourth-order valence-corrected chi connectivity index (χ4v) is 5.16. The van der Waals surface area contributed by atoms with Gasteiger partial charge in [-0.3, -0.25) is 9.52 Å². The van der Waals surface area contributed by atoms with Gasteiger partial charge in [-0.05, 0) is 42.0 Å². The lowest BCUT2D eigenvalue weighted by molar-refractivity contribution is -0.140. The number of rotatable bonds is 9. The average Bonchev–Trinajstić information content (AvgIpc) is 2.85. The van der Waals surface area contributed by atoms with E-state index in [1.807, 2.05) is 0 Å². The Balaban J connectivity index is 1.72. The molecule has 0 unspecified atom stereocenters. The molecule has 2 aromatic carbocycles. The van der Waals surface area contributed by atoms with Gasteiger partial charge < -0.3 is 9.47 Å². The van der Waals surface area contributed by atoms with Crippen molar-refractivity contribution in [1.82, 2.24) is 4.72 Å². The largest absolute Gasteiger partial charge is 0.468 e. The van der Waals surface area contributed by atoms with Crippen LogP contribution < -0.4 is 4.72 Å². The molecule has 9 heteroatoms. The van der Waals surface area contributed by atoms with E-state index >= 15 is 8.78 Å². The number of hydrogen-bond donors (Lipinski definition) is 1. The van der Waals surface area contributed by atoms with Crippen molar-refractivity contribution < 1.29 is 27.8 Å². The van der Waals surface area contributed by atoms with Crippen molar-refractivity contribution in [3.05, 3.63) is 70.7 Å². The number of carbonyl (C=O) groups excluding carboxylic acids is 2. The van der Waals surface area contributed by atoms with E-state index in [-0.39, 0.29) is 16.1 Å². The summed E-state index contributed by atoms with van der Waals surface area (Å²) < 4.78 is 43.5. The Bertz CT molecular complexity index is 957. The number of benzene rings is 2. The van der Waals surface area contributed by atoms with Crippen LogP contribution in [-0.2, 0) is 20.2 Å². The second-order valence-electron chi connectivity index (χ2n) is 8.30. The fraction of sp³-hybridized carbons (Fsp3) is 0.440. The number of esters is 1. The van der Waals surface area contributed by atoms with Crippen LogP contribution in [0.25, 0.3) is 0 Å². The third kappa shape index (κ3) is 7.09. The normalized spacial score (nSPS) is 16.4. The van der Waals surface area contributed by atoms with E-state index in [4.69, 9.17) is 21.1 Å². The van der Waals surface area contributed by atoms with Crippen molar-refractivity contribution in [2.24, 2.45) is 5.92 Å². The Kier molecular flexibility index (Phi) is 9.59. The number of halogens is 3. The van der Waals surface area contributed by atoms with Crippen molar-refractivity contribution in [2.45, 2.75) is 55.8 Å². The van der Waals surface area contributed by atoms with Gasteiger partial charge in [0.2, 0.25) is 0 Å². The lowest BCUT2D eigenvalue weighted by Gasteiger charge is -2.28. The highest BCUT2D eigenvalue weighted by molar-refractivity contribution is 7.99. The van der Waals surface area contributed by atoms with Crippen LogP contribution in [0, 0.1) is 5.92 Å². The summed E-state index contributed by atoms with van der Waals surface area (Å²) in [6.07, 6.45) is 2.99. The van der Waals surface area contributed by atoms with Gasteiger partial charge in [0.1, 0.15) is 5.25 Å². The van der Waals surface area contributed by atoms with Crippen LogP contribution in [-0.4, -0.2) is 24.4 Å². The van der Waals surface area contributed by atoms with Crippen molar-refractivity contribution in [3.8, 4) is 0 Å². The Morgan fingerprint density at radius 1 is 1.12 bits per heavy atom. The third-order valence-electron chi connectivity index (χ3n) is 5.89.